The van der Waals surface area contributed by atoms with E-state index in [4.69, 9.17) is 16.6 Å². The van der Waals surface area contributed by atoms with E-state index in [1.165, 1.54) is 5.38 Å². The van der Waals surface area contributed by atoms with Crippen LogP contribution in [0.2, 0.25) is 0 Å². The number of nitrogens with two attached hydrogens (primary N) is 2. The third kappa shape index (κ3) is 3.20. The number of carbonyl (C=O) groups is 2. The van der Waals surface area contributed by atoms with Gasteiger partial charge in [0.05, 0.1) is 0 Å². The molecular weight excluding hydrogens is 236 g/mol. The molecule has 0 atom stereocenters. The van der Waals surface area contributed by atoms with Gasteiger partial charge >= 0.3 is 5.97 Å². The zero-order valence-electron chi connectivity index (χ0n) is 7.91. The molecule has 0 unspecified atom stereocenters. The highest BCUT2D eigenvalue weighted by Gasteiger charge is 2.15. The largest absolute Gasteiger partial charge is 0.479 e. The number of nitrogen functional groups attached to an aromatic ring is 1. The van der Waals surface area contributed by atoms with Crippen LogP contribution in [0.1, 0.15) is 5.01 Å². The Bertz CT molecular complexity index is 441. The number of primary amides is 1. The highest BCUT2D eigenvalue weighted by molar-refractivity contribution is 7.13. The number of carboxylic acids is 1. The van der Waals surface area contributed by atoms with Gasteiger partial charge in [-0.05, 0) is 0 Å². The Hall–Kier alpha value is -2.16. The fourth-order valence-corrected chi connectivity index (χ4v) is 1.43. The van der Waals surface area contributed by atoms with Crippen LogP contribution in [0.5, 0.6) is 0 Å². The van der Waals surface area contributed by atoms with Crippen molar-refractivity contribution in [1.29, 1.82) is 0 Å². The van der Waals surface area contributed by atoms with E-state index in [9.17, 15) is 9.59 Å². The number of carboxylic acid groups (broad SMARTS) is 1. The van der Waals surface area contributed by atoms with Gasteiger partial charge in [0.15, 0.2) is 5.01 Å². The Labute approximate surface area is 93.5 Å². The second-order valence-corrected chi connectivity index (χ2v) is 3.41. The van der Waals surface area contributed by atoms with Crippen LogP contribution in [0.3, 0.4) is 0 Å². The van der Waals surface area contributed by atoms with Crippen LogP contribution >= 0.6 is 11.3 Å². The summed E-state index contributed by atoms with van der Waals surface area (Å²) in [5.74, 6) is -1.88. The van der Waals surface area contributed by atoms with Crippen molar-refractivity contribution in [3.8, 4) is 0 Å². The third-order valence-corrected chi connectivity index (χ3v) is 2.17. The van der Waals surface area contributed by atoms with E-state index in [1.807, 2.05) is 0 Å². The molecule has 1 heterocycles. The van der Waals surface area contributed by atoms with Gasteiger partial charge in [0.1, 0.15) is 5.82 Å². The molecule has 0 aliphatic rings. The summed E-state index contributed by atoms with van der Waals surface area (Å²) in [5, 5.41) is 13.3. The van der Waals surface area contributed by atoms with E-state index in [0.717, 1.165) is 11.3 Å². The number of aliphatic carboxylic acids is 1. The summed E-state index contributed by atoms with van der Waals surface area (Å²) in [6.07, 6.45) is 0. The van der Waals surface area contributed by atoms with Gasteiger partial charge in [-0.25, -0.2) is 9.78 Å². The summed E-state index contributed by atoms with van der Waals surface area (Å²) in [7, 11) is 0. The number of hydrogen-bond donors (Lipinski definition) is 3. The van der Waals surface area contributed by atoms with Crippen molar-refractivity contribution in [3.05, 3.63) is 10.4 Å². The van der Waals surface area contributed by atoms with Crippen molar-refractivity contribution < 1.29 is 19.5 Å². The van der Waals surface area contributed by atoms with Crippen molar-refractivity contribution in [2.24, 2.45) is 10.9 Å². The van der Waals surface area contributed by atoms with Gasteiger partial charge in [-0.2, -0.15) is 0 Å². The monoisotopic (exact) mass is 244 g/mol. The van der Waals surface area contributed by atoms with Crippen LogP contribution in [0.15, 0.2) is 10.5 Å². The van der Waals surface area contributed by atoms with Crippen molar-refractivity contribution in [2.75, 3.05) is 12.3 Å². The molecule has 0 spiro atoms. The summed E-state index contributed by atoms with van der Waals surface area (Å²) in [5.41, 5.74) is 10.1. The standard InChI is InChI=1S/C7H8N4O4S/c8-3-2-16-7(10-3)5(6(9)14)11-15-1-4(12)13/h2H,1,8H2,(H2,9,14)(H,12,13). The Balaban J connectivity index is 2.83. The topological polar surface area (TPSA) is 141 Å². The molecule has 0 aliphatic carbocycles. The first-order chi connectivity index (χ1) is 7.50. The van der Waals surface area contributed by atoms with Crippen molar-refractivity contribution >= 4 is 34.7 Å². The van der Waals surface area contributed by atoms with Gasteiger partial charge in [-0.1, -0.05) is 5.16 Å². The minimum absolute atomic E-state index is 0.176. The van der Waals surface area contributed by atoms with E-state index < -0.39 is 18.5 Å². The smallest absolute Gasteiger partial charge is 0.344 e. The number of rotatable bonds is 5. The molecule has 0 bridgehead atoms. The summed E-state index contributed by atoms with van der Waals surface area (Å²) in [4.78, 5) is 29.3. The van der Waals surface area contributed by atoms with Crippen LogP contribution in [0.4, 0.5) is 5.82 Å². The molecule has 0 fully saturated rings. The van der Waals surface area contributed by atoms with Crippen molar-refractivity contribution in [1.82, 2.24) is 4.98 Å². The summed E-state index contributed by atoms with van der Waals surface area (Å²) < 4.78 is 0. The Kier molecular flexibility index (Phi) is 3.78. The number of aromatic nitrogens is 1. The Morgan fingerprint density at radius 1 is 1.62 bits per heavy atom. The van der Waals surface area contributed by atoms with E-state index in [-0.39, 0.29) is 16.5 Å². The molecule has 1 aromatic heterocycles. The lowest BCUT2D eigenvalue weighted by Gasteiger charge is -1.97. The number of oxime groups is 1. The minimum atomic E-state index is -1.22. The maximum absolute atomic E-state index is 11.0. The van der Waals surface area contributed by atoms with E-state index >= 15 is 0 Å². The molecule has 1 aromatic rings. The van der Waals surface area contributed by atoms with E-state index in [0.29, 0.717) is 0 Å². The fraction of sp³-hybridized carbons (Fsp3) is 0.143. The molecule has 5 N–H and O–H groups in total. The Morgan fingerprint density at radius 3 is 2.75 bits per heavy atom. The highest BCUT2D eigenvalue weighted by atomic mass is 32.1. The van der Waals surface area contributed by atoms with E-state index in [1.54, 1.807) is 0 Å². The number of carbonyl (C=O) groups excluding carboxylic acids is 1. The summed E-state index contributed by atoms with van der Waals surface area (Å²) in [6.45, 7) is -0.669. The quantitative estimate of drug-likeness (QED) is 0.448. The van der Waals surface area contributed by atoms with Crippen LogP contribution in [0.25, 0.3) is 0 Å². The molecule has 16 heavy (non-hydrogen) atoms. The summed E-state index contributed by atoms with van der Waals surface area (Å²) in [6, 6.07) is 0. The van der Waals surface area contributed by atoms with Gasteiger partial charge in [0.25, 0.3) is 5.91 Å². The number of hydrogen-bond acceptors (Lipinski definition) is 7. The predicted octanol–water partition coefficient (Wildman–Crippen LogP) is -0.984. The maximum Gasteiger partial charge on any atom is 0.344 e. The third-order valence-electron chi connectivity index (χ3n) is 1.30. The SMILES string of the molecule is NC(=O)C(=NOCC(=O)O)c1nc(N)cs1. The molecule has 0 aromatic carbocycles. The minimum Gasteiger partial charge on any atom is -0.479 e. The predicted molar refractivity (Wildman–Crippen MR) is 55.8 cm³/mol. The highest BCUT2D eigenvalue weighted by Crippen LogP contribution is 2.12. The van der Waals surface area contributed by atoms with Gasteiger partial charge in [0.2, 0.25) is 12.3 Å². The zero-order chi connectivity index (χ0) is 12.1. The molecule has 0 saturated carbocycles. The fourth-order valence-electron chi connectivity index (χ4n) is 0.736. The second kappa shape index (κ2) is 5.07. The Morgan fingerprint density at radius 2 is 2.31 bits per heavy atom. The van der Waals surface area contributed by atoms with Gasteiger partial charge < -0.3 is 21.4 Å². The molecular formula is C7H8N4O4S. The lowest BCUT2D eigenvalue weighted by atomic mass is 10.4. The average molecular weight is 244 g/mol. The van der Waals surface area contributed by atoms with E-state index in [2.05, 4.69) is 15.0 Å². The molecule has 1 amide bonds. The molecule has 0 aliphatic heterocycles. The normalized spacial score (nSPS) is 11.1. The van der Waals surface area contributed by atoms with Crippen LogP contribution < -0.4 is 11.5 Å². The summed E-state index contributed by atoms with van der Waals surface area (Å²) >= 11 is 1.05. The number of anilines is 1. The van der Waals surface area contributed by atoms with Gasteiger partial charge in [-0.3, -0.25) is 4.79 Å². The molecule has 9 heteroatoms. The zero-order valence-corrected chi connectivity index (χ0v) is 8.73. The molecule has 86 valence electrons. The van der Waals surface area contributed by atoms with Crippen molar-refractivity contribution in [2.45, 2.75) is 0 Å². The lowest BCUT2D eigenvalue weighted by Crippen LogP contribution is -2.25. The molecule has 1 rings (SSSR count). The number of nitrogens with zero attached hydrogens (tertiary/aromatic N) is 2. The average Bonchev–Trinajstić information content (AvgIpc) is 2.58. The van der Waals surface area contributed by atoms with Crippen molar-refractivity contribution in [3.63, 3.8) is 0 Å². The lowest BCUT2D eigenvalue weighted by molar-refractivity contribution is -0.142. The second-order valence-electron chi connectivity index (χ2n) is 2.55. The van der Waals surface area contributed by atoms with Crippen LogP contribution in [0, 0.1) is 0 Å². The van der Waals surface area contributed by atoms with Crippen LogP contribution in [-0.2, 0) is 14.4 Å². The molecule has 0 radical (unpaired) electrons. The van der Waals surface area contributed by atoms with Gasteiger partial charge in [-0.15, -0.1) is 11.3 Å². The molecule has 8 nitrogen and oxygen atoms in total. The van der Waals surface area contributed by atoms with Gasteiger partial charge in [0, 0.05) is 5.38 Å². The maximum atomic E-state index is 11.0. The molecule has 0 saturated heterocycles. The first-order valence-corrected chi connectivity index (χ1v) is 4.81. The first-order valence-electron chi connectivity index (χ1n) is 3.93. The van der Waals surface area contributed by atoms with Crippen LogP contribution in [-0.4, -0.2) is 34.3 Å². The number of amides is 1. The number of thiazole rings is 1. The first kappa shape index (κ1) is 11.9.